The number of pyridine rings is 1. The second kappa shape index (κ2) is 11.8. The smallest absolute Gasteiger partial charge is 0.417 e. The third kappa shape index (κ3) is 6.87. The van der Waals surface area contributed by atoms with Crippen molar-refractivity contribution < 1.29 is 45.0 Å². The lowest BCUT2D eigenvalue weighted by Crippen LogP contribution is -2.37. The van der Waals surface area contributed by atoms with Gasteiger partial charge in [0.15, 0.2) is 6.79 Å². The van der Waals surface area contributed by atoms with Gasteiger partial charge in [0.05, 0.1) is 30.7 Å². The van der Waals surface area contributed by atoms with Gasteiger partial charge in [-0.1, -0.05) is 6.07 Å². The van der Waals surface area contributed by atoms with E-state index in [2.05, 4.69) is 9.71 Å². The quantitative estimate of drug-likeness (QED) is 0.213. The second-order valence-electron chi connectivity index (χ2n) is 8.85. The molecule has 0 saturated carbocycles. The molecule has 0 bridgehead atoms. The zero-order valence-electron chi connectivity index (χ0n) is 21.4. The standard InChI is InChI=1S/C26H25F4N3O6S/c1-37-9-10-38-15-39-23-6-4-19(13-22(23)32-40(2,35)36)33-8-7-16-11-17(3-5-20(16)25(33)34)24-21(27)12-18(14-31-24)26(28,29)30/h3-6,11-14,32H,7-10,15H2,1-2H3. The SMILES string of the molecule is COCCOCOc1ccc(N2CCc3cc(-c4ncc(C(F)(F)F)cc4F)ccc3C2=O)cc1NS(C)(=O)=O. The van der Waals surface area contributed by atoms with Crippen LogP contribution in [0.4, 0.5) is 28.9 Å². The minimum absolute atomic E-state index is 0.105. The molecule has 1 aliphatic rings. The maximum Gasteiger partial charge on any atom is 0.417 e. The van der Waals surface area contributed by atoms with E-state index >= 15 is 0 Å². The number of ether oxygens (including phenoxy) is 3. The summed E-state index contributed by atoms with van der Waals surface area (Å²) in [6, 6.07) is 9.35. The highest BCUT2D eigenvalue weighted by Crippen LogP contribution is 2.35. The van der Waals surface area contributed by atoms with Gasteiger partial charge in [-0.05, 0) is 48.4 Å². The molecule has 0 aliphatic carbocycles. The first-order chi connectivity index (χ1) is 18.9. The molecule has 4 rings (SSSR count). The Balaban J connectivity index is 1.57. The number of sulfonamides is 1. The van der Waals surface area contributed by atoms with E-state index in [1.54, 1.807) is 6.07 Å². The number of halogens is 4. The van der Waals surface area contributed by atoms with Crippen molar-refractivity contribution in [3.63, 3.8) is 0 Å². The molecule has 14 heteroatoms. The van der Waals surface area contributed by atoms with E-state index in [1.807, 2.05) is 0 Å². The second-order valence-corrected chi connectivity index (χ2v) is 10.6. The van der Waals surface area contributed by atoms with Crippen molar-refractivity contribution in [2.45, 2.75) is 12.6 Å². The summed E-state index contributed by atoms with van der Waals surface area (Å²) in [6.07, 6.45) is -2.84. The molecule has 0 unspecified atom stereocenters. The summed E-state index contributed by atoms with van der Waals surface area (Å²) in [7, 11) is -2.17. The van der Waals surface area contributed by atoms with E-state index in [0.717, 1.165) is 6.26 Å². The number of hydrogen-bond acceptors (Lipinski definition) is 7. The highest BCUT2D eigenvalue weighted by molar-refractivity contribution is 7.92. The Morgan fingerprint density at radius 3 is 2.55 bits per heavy atom. The first kappa shape index (κ1) is 29.2. The van der Waals surface area contributed by atoms with Crippen LogP contribution in [0.25, 0.3) is 11.3 Å². The lowest BCUT2D eigenvalue weighted by molar-refractivity contribution is -0.138. The van der Waals surface area contributed by atoms with E-state index in [4.69, 9.17) is 14.2 Å². The molecule has 0 fully saturated rings. The molecule has 2 heterocycles. The van der Waals surface area contributed by atoms with Crippen LogP contribution in [0.3, 0.4) is 0 Å². The van der Waals surface area contributed by atoms with E-state index in [-0.39, 0.29) is 42.6 Å². The van der Waals surface area contributed by atoms with Crippen LogP contribution in [-0.2, 0) is 32.1 Å². The molecule has 9 nitrogen and oxygen atoms in total. The summed E-state index contributed by atoms with van der Waals surface area (Å²) in [5.41, 5.74) is 0.165. The summed E-state index contributed by atoms with van der Waals surface area (Å²) in [6.45, 7) is 0.672. The summed E-state index contributed by atoms with van der Waals surface area (Å²) in [5.74, 6) is -1.33. The largest absolute Gasteiger partial charge is 0.465 e. The highest BCUT2D eigenvalue weighted by Gasteiger charge is 2.32. The van der Waals surface area contributed by atoms with Gasteiger partial charge in [0, 0.05) is 36.7 Å². The molecule has 0 saturated heterocycles. The van der Waals surface area contributed by atoms with E-state index in [9.17, 15) is 30.8 Å². The van der Waals surface area contributed by atoms with Gasteiger partial charge in [-0.2, -0.15) is 13.2 Å². The first-order valence-corrected chi connectivity index (χ1v) is 13.8. The Morgan fingerprint density at radius 1 is 1.10 bits per heavy atom. The predicted octanol–water partition coefficient (Wildman–Crippen LogP) is 4.48. The highest BCUT2D eigenvalue weighted by atomic mass is 32.2. The third-order valence-corrected chi connectivity index (χ3v) is 6.52. The number of carbonyl (C=O) groups is 1. The third-order valence-electron chi connectivity index (χ3n) is 5.93. The number of fused-ring (bicyclic) bond motifs is 1. The van der Waals surface area contributed by atoms with Crippen molar-refractivity contribution >= 4 is 27.3 Å². The fourth-order valence-electron chi connectivity index (χ4n) is 4.08. The number of aromatic nitrogens is 1. The van der Waals surface area contributed by atoms with Crippen LogP contribution in [0.1, 0.15) is 21.5 Å². The maximum atomic E-state index is 14.5. The molecule has 1 aromatic heterocycles. The Bertz CT molecular complexity index is 1510. The number of hydrogen-bond donors (Lipinski definition) is 1. The summed E-state index contributed by atoms with van der Waals surface area (Å²) < 4.78 is 95.0. The lowest BCUT2D eigenvalue weighted by atomic mass is 9.95. The lowest BCUT2D eigenvalue weighted by Gasteiger charge is -2.29. The fourth-order valence-corrected chi connectivity index (χ4v) is 4.64. The van der Waals surface area contributed by atoms with Crippen LogP contribution in [0, 0.1) is 5.82 Å². The van der Waals surface area contributed by atoms with Crippen molar-refractivity contribution in [2.24, 2.45) is 0 Å². The Kier molecular flexibility index (Phi) is 8.61. The van der Waals surface area contributed by atoms with E-state index in [1.165, 1.54) is 42.3 Å². The van der Waals surface area contributed by atoms with Crippen LogP contribution < -0.4 is 14.4 Å². The van der Waals surface area contributed by atoms with Gasteiger partial charge >= 0.3 is 6.18 Å². The molecular formula is C26H25F4N3O6S. The number of alkyl halides is 3. The van der Waals surface area contributed by atoms with Gasteiger partial charge in [-0.15, -0.1) is 0 Å². The van der Waals surface area contributed by atoms with Gasteiger partial charge in [0.2, 0.25) is 10.0 Å². The fraction of sp³-hybridized carbons (Fsp3) is 0.308. The van der Waals surface area contributed by atoms with Crippen LogP contribution in [-0.4, -0.2) is 59.2 Å². The maximum absolute atomic E-state index is 14.5. The average molecular weight is 584 g/mol. The zero-order chi connectivity index (χ0) is 29.1. The van der Waals surface area contributed by atoms with Gasteiger partial charge in [0.1, 0.15) is 17.3 Å². The monoisotopic (exact) mass is 583 g/mol. The van der Waals surface area contributed by atoms with Crippen molar-refractivity contribution in [1.29, 1.82) is 0 Å². The average Bonchev–Trinajstić information content (AvgIpc) is 2.88. The first-order valence-electron chi connectivity index (χ1n) is 11.9. The van der Waals surface area contributed by atoms with Crippen LogP contribution in [0.2, 0.25) is 0 Å². The zero-order valence-corrected chi connectivity index (χ0v) is 22.2. The van der Waals surface area contributed by atoms with E-state index in [0.29, 0.717) is 42.1 Å². The van der Waals surface area contributed by atoms with Crippen molar-refractivity contribution in [3.05, 3.63) is 71.2 Å². The number of benzene rings is 2. The minimum atomic E-state index is -4.73. The van der Waals surface area contributed by atoms with Gasteiger partial charge < -0.3 is 19.1 Å². The van der Waals surface area contributed by atoms with Crippen molar-refractivity contribution in [2.75, 3.05) is 49.5 Å². The van der Waals surface area contributed by atoms with Gasteiger partial charge in [0.25, 0.3) is 5.91 Å². The molecular weight excluding hydrogens is 558 g/mol. The topological polar surface area (TPSA) is 107 Å². The minimum Gasteiger partial charge on any atom is -0.465 e. The summed E-state index contributed by atoms with van der Waals surface area (Å²) >= 11 is 0. The molecule has 1 N–H and O–H groups in total. The number of nitrogens with one attached hydrogen (secondary N) is 1. The van der Waals surface area contributed by atoms with Crippen molar-refractivity contribution in [1.82, 2.24) is 4.98 Å². The number of methoxy groups -OCH3 is 1. The van der Waals surface area contributed by atoms with E-state index < -0.39 is 33.5 Å². The Hall–Kier alpha value is -3.75. The molecule has 0 radical (unpaired) electrons. The van der Waals surface area contributed by atoms with Crippen molar-refractivity contribution in [3.8, 4) is 17.0 Å². The molecule has 0 atom stereocenters. The predicted molar refractivity (Wildman–Crippen MR) is 138 cm³/mol. The Labute approximate surface area is 227 Å². The van der Waals surface area contributed by atoms with Gasteiger partial charge in [-0.25, -0.2) is 12.8 Å². The van der Waals surface area contributed by atoms with Crippen LogP contribution >= 0.6 is 0 Å². The molecule has 1 aliphatic heterocycles. The Morgan fingerprint density at radius 2 is 1.88 bits per heavy atom. The molecule has 40 heavy (non-hydrogen) atoms. The number of nitrogens with zero attached hydrogens (tertiary/aromatic N) is 2. The molecule has 3 aromatic rings. The number of rotatable bonds is 10. The normalized spacial score (nSPS) is 13.8. The summed E-state index contributed by atoms with van der Waals surface area (Å²) in [5, 5.41) is 0. The molecule has 214 valence electrons. The van der Waals surface area contributed by atoms with Crippen LogP contribution in [0.5, 0.6) is 5.75 Å². The summed E-state index contributed by atoms with van der Waals surface area (Å²) in [4.78, 5) is 18.5. The number of anilines is 2. The van der Waals surface area contributed by atoms with Crippen LogP contribution in [0.15, 0.2) is 48.7 Å². The molecule has 0 spiro atoms. The number of amides is 1. The molecule has 2 aromatic carbocycles. The molecule has 1 amide bonds. The van der Waals surface area contributed by atoms with Gasteiger partial charge in [-0.3, -0.25) is 14.5 Å². The number of carbonyl (C=O) groups excluding carboxylic acids is 1.